The lowest BCUT2D eigenvalue weighted by molar-refractivity contribution is -0.147. The third kappa shape index (κ3) is 2.62. The summed E-state index contributed by atoms with van der Waals surface area (Å²) in [6, 6.07) is -0.605. The normalized spacial score (nSPS) is 24.3. The van der Waals surface area contributed by atoms with Crippen LogP contribution in [-0.2, 0) is 9.59 Å². The number of fused-ring (bicyclic) bond motifs is 1. The summed E-state index contributed by atoms with van der Waals surface area (Å²) in [4.78, 5) is 28.9. The van der Waals surface area contributed by atoms with Crippen molar-refractivity contribution in [1.82, 2.24) is 20.1 Å². The summed E-state index contributed by atoms with van der Waals surface area (Å²) < 4.78 is 0. The quantitative estimate of drug-likeness (QED) is 0.499. The van der Waals surface area contributed by atoms with Crippen molar-refractivity contribution in [3.8, 4) is 0 Å². The van der Waals surface area contributed by atoms with Crippen LogP contribution in [0.4, 0.5) is 0 Å². The second kappa shape index (κ2) is 6.14. The van der Waals surface area contributed by atoms with Gasteiger partial charge >= 0.3 is 5.97 Å². The Morgan fingerprint density at radius 1 is 1.64 bits per heavy atom. The number of carbonyl (C=O) groups excluding carboxylic acids is 1. The van der Waals surface area contributed by atoms with E-state index >= 15 is 0 Å². The summed E-state index contributed by atoms with van der Waals surface area (Å²) in [6.07, 6.45) is 1.87. The van der Waals surface area contributed by atoms with Gasteiger partial charge in [-0.15, -0.1) is 16.9 Å². The largest absolute Gasteiger partial charge is 0.477 e. The van der Waals surface area contributed by atoms with Gasteiger partial charge in [0.05, 0.1) is 0 Å². The summed E-state index contributed by atoms with van der Waals surface area (Å²) in [5.41, 5.74) is 6.47. The van der Waals surface area contributed by atoms with Gasteiger partial charge in [0.1, 0.15) is 17.1 Å². The molecule has 1 aromatic heterocycles. The number of carbonyl (C=O) groups is 2. The second-order valence-corrected chi connectivity index (χ2v) is 7.45. The van der Waals surface area contributed by atoms with Gasteiger partial charge in [-0.3, -0.25) is 14.8 Å². The highest BCUT2D eigenvalue weighted by Crippen LogP contribution is 2.40. The summed E-state index contributed by atoms with van der Waals surface area (Å²) in [7, 11) is 0. The zero-order valence-electron chi connectivity index (χ0n) is 11.5. The van der Waals surface area contributed by atoms with E-state index in [1.54, 1.807) is 0 Å². The van der Waals surface area contributed by atoms with E-state index in [9.17, 15) is 14.7 Å². The lowest BCUT2D eigenvalue weighted by Gasteiger charge is -2.48. The van der Waals surface area contributed by atoms with Crippen LogP contribution >= 0.6 is 35.3 Å². The predicted molar refractivity (Wildman–Crippen MR) is 84.6 cm³/mol. The van der Waals surface area contributed by atoms with Gasteiger partial charge in [-0.05, 0) is 11.8 Å². The number of nitrogens with two attached hydrogens (primary N) is 1. The molecule has 2 aliphatic rings. The molecule has 0 saturated carbocycles. The summed E-state index contributed by atoms with van der Waals surface area (Å²) >= 11 is 4.28. The van der Waals surface area contributed by atoms with Crippen LogP contribution in [0.3, 0.4) is 0 Å². The van der Waals surface area contributed by atoms with Crippen molar-refractivity contribution < 1.29 is 14.7 Å². The fourth-order valence-electron chi connectivity index (χ4n) is 2.23. The van der Waals surface area contributed by atoms with Crippen LogP contribution in [0.1, 0.15) is 0 Å². The number of nitrogens with zero attached hydrogens (tertiary/aromatic N) is 3. The van der Waals surface area contributed by atoms with Crippen LogP contribution in [0.25, 0.3) is 0 Å². The third-order valence-electron chi connectivity index (χ3n) is 3.30. The Morgan fingerprint density at radius 2 is 2.41 bits per heavy atom. The molecule has 3 heterocycles. The van der Waals surface area contributed by atoms with Gasteiger partial charge in [0.2, 0.25) is 11.1 Å². The minimum Gasteiger partial charge on any atom is -0.477 e. The minimum atomic E-state index is -1.09. The summed E-state index contributed by atoms with van der Waals surface area (Å²) in [5, 5.41) is 17.2. The first-order valence-electron chi connectivity index (χ1n) is 6.27. The van der Waals surface area contributed by atoms with E-state index in [4.69, 9.17) is 5.73 Å². The molecule has 22 heavy (non-hydrogen) atoms. The molecule has 4 N–H and O–H groups in total. The molecule has 0 aliphatic carbocycles. The van der Waals surface area contributed by atoms with E-state index in [0.717, 1.165) is 0 Å². The average molecular weight is 359 g/mol. The van der Waals surface area contributed by atoms with Gasteiger partial charge in [0.15, 0.2) is 5.16 Å². The van der Waals surface area contributed by atoms with Crippen LogP contribution in [-0.4, -0.2) is 66.2 Å². The van der Waals surface area contributed by atoms with Crippen molar-refractivity contribution in [2.24, 2.45) is 5.73 Å². The van der Waals surface area contributed by atoms with Crippen LogP contribution in [0.5, 0.6) is 0 Å². The van der Waals surface area contributed by atoms with Crippen LogP contribution in [0.15, 0.2) is 21.6 Å². The van der Waals surface area contributed by atoms with Crippen LogP contribution in [0, 0.1) is 0 Å². The number of aliphatic carboxylic acids is 1. The highest BCUT2D eigenvalue weighted by molar-refractivity contribution is 8.01. The molecule has 3 rings (SSSR count). The number of amides is 1. The number of β-lactam (4-membered cyclic amide) rings is 1. The first kappa shape index (κ1) is 15.7. The van der Waals surface area contributed by atoms with Crippen molar-refractivity contribution in [3.63, 3.8) is 0 Å². The number of hydrogen-bond donors (Lipinski definition) is 3. The fourth-order valence-corrected chi connectivity index (χ4v) is 4.85. The highest BCUT2D eigenvalue weighted by atomic mass is 32.2. The Labute approximate surface area is 138 Å². The monoisotopic (exact) mass is 359 g/mol. The van der Waals surface area contributed by atoms with E-state index in [0.29, 0.717) is 27.4 Å². The lowest BCUT2D eigenvalue weighted by atomic mass is 10.0. The van der Waals surface area contributed by atoms with Crippen LogP contribution in [0.2, 0.25) is 0 Å². The number of H-pyrrole nitrogens is 1. The first-order chi connectivity index (χ1) is 10.5. The Hall–Kier alpha value is -1.17. The molecule has 0 radical (unpaired) electrons. The summed E-state index contributed by atoms with van der Waals surface area (Å²) in [5.74, 6) is -0.450. The topological polar surface area (TPSA) is 125 Å². The number of rotatable bonds is 5. The third-order valence-corrected chi connectivity index (χ3v) is 6.16. The maximum absolute atomic E-state index is 11.8. The first-order valence-corrected chi connectivity index (χ1v) is 9.53. The maximum atomic E-state index is 11.8. The minimum absolute atomic E-state index is 0.0626. The average Bonchev–Trinajstić information content (AvgIpc) is 2.99. The molecule has 0 aromatic carbocycles. The highest BCUT2D eigenvalue weighted by Gasteiger charge is 2.51. The molecule has 0 bridgehead atoms. The van der Waals surface area contributed by atoms with Crippen molar-refractivity contribution in [2.75, 3.05) is 17.8 Å². The van der Waals surface area contributed by atoms with Crippen molar-refractivity contribution in [2.45, 2.75) is 21.7 Å². The lowest BCUT2D eigenvalue weighted by Crippen LogP contribution is -2.68. The number of carboxylic acids is 1. The molecular formula is C11H13N5O3S3. The molecule has 2 aliphatic heterocycles. The molecule has 1 aromatic rings. The van der Waals surface area contributed by atoms with E-state index in [-0.39, 0.29) is 17.0 Å². The van der Waals surface area contributed by atoms with Gasteiger partial charge in [0.25, 0.3) is 0 Å². The molecule has 1 saturated heterocycles. The molecule has 1 amide bonds. The fraction of sp³-hybridized carbons (Fsp3) is 0.455. The van der Waals surface area contributed by atoms with Crippen molar-refractivity contribution >= 4 is 47.2 Å². The number of thioether (sulfide) groups is 3. The van der Waals surface area contributed by atoms with Crippen molar-refractivity contribution in [1.29, 1.82) is 0 Å². The second-order valence-electron chi connectivity index (χ2n) is 4.61. The molecule has 1 unspecified atom stereocenters. The smallest absolute Gasteiger partial charge is 0.352 e. The van der Waals surface area contributed by atoms with Gasteiger partial charge in [-0.25, -0.2) is 4.79 Å². The van der Waals surface area contributed by atoms with E-state index in [1.807, 2.05) is 6.26 Å². The maximum Gasteiger partial charge on any atom is 0.352 e. The molecule has 118 valence electrons. The van der Waals surface area contributed by atoms with Gasteiger partial charge in [-0.1, -0.05) is 23.5 Å². The van der Waals surface area contributed by atoms with Gasteiger partial charge < -0.3 is 10.8 Å². The van der Waals surface area contributed by atoms with Crippen molar-refractivity contribution in [3.05, 3.63) is 11.3 Å². The Morgan fingerprint density at radius 3 is 3.05 bits per heavy atom. The van der Waals surface area contributed by atoms with Crippen LogP contribution < -0.4 is 5.73 Å². The van der Waals surface area contributed by atoms with E-state index in [2.05, 4.69) is 15.2 Å². The number of hydrogen-bond acceptors (Lipinski definition) is 8. The zero-order valence-corrected chi connectivity index (χ0v) is 13.9. The molecule has 0 spiro atoms. The number of carboxylic acid groups (broad SMARTS) is 1. The molecule has 2 atom stereocenters. The Kier molecular flexibility index (Phi) is 4.39. The molecule has 1 fully saturated rings. The molecular weight excluding hydrogens is 346 g/mol. The Bertz CT molecular complexity index is 661. The standard InChI is InChI=1S/C11H13N5O3S3/c1-20-10-13-11(15-14-10)22-3-4-2-21-8-5(12)7(17)16(8)6(4)9(18)19/h5,8H,2-3,12H2,1H3,(H,18,19)(H,13,14,15)/t5?,8-/m0/s1. The van der Waals surface area contributed by atoms with E-state index in [1.165, 1.54) is 40.2 Å². The summed E-state index contributed by atoms with van der Waals surface area (Å²) in [6.45, 7) is 0. The van der Waals surface area contributed by atoms with Gasteiger partial charge in [0, 0.05) is 11.5 Å². The Balaban J connectivity index is 1.78. The van der Waals surface area contributed by atoms with E-state index < -0.39 is 12.0 Å². The molecule has 11 heteroatoms. The zero-order chi connectivity index (χ0) is 15.9. The number of aromatic nitrogens is 3. The number of aromatic amines is 1. The predicted octanol–water partition coefficient (Wildman–Crippen LogP) is 0.200. The SMILES string of the molecule is CSc1n[nH]c(SCC2=C(C(=O)O)N3C(=O)C(N)[C@@H]3SC2)n1. The molecule has 8 nitrogen and oxygen atoms in total. The number of nitrogens with one attached hydrogen (secondary N) is 1. The van der Waals surface area contributed by atoms with Gasteiger partial charge in [-0.2, -0.15) is 4.98 Å².